The van der Waals surface area contributed by atoms with Crippen molar-refractivity contribution < 1.29 is 9.90 Å². The van der Waals surface area contributed by atoms with Gasteiger partial charge in [0.05, 0.1) is 6.10 Å². The fourth-order valence-corrected chi connectivity index (χ4v) is 2.57. The van der Waals surface area contributed by atoms with Gasteiger partial charge in [-0.1, -0.05) is 0 Å². The lowest BCUT2D eigenvalue weighted by Gasteiger charge is -2.21. The second-order valence-corrected chi connectivity index (χ2v) is 5.97. The van der Waals surface area contributed by atoms with Crippen LogP contribution in [0, 0.1) is 12.8 Å². The quantitative estimate of drug-likeness (QED) is 0.809. The molecule has 1 fully saturated rings. The second-order valence-electron chi connectivity index (χ2n) is 5.97. The summed E-state index contributed by atoms with van der Waals surface area (Å²) in [7, 11) is 1.71. The van der Waals surface area contributed by atoms with Crippen LogP contribution in [0.25, 0.3) is 10.9 Å². The molecule has 112 valence electrons. The Morgan fingerprint density at radius 1 is 1.48 bits per heavy atom. The summed E-state index contributed by atoms with van der Waals surface area (Å²) in [5, 5.41) is 13.8. The second kappa shape index (κ2) is 5.41. The fourth-order valence-electron chi connectivity index (χ4n) is 2.57. The standard InChI is InChI=1S/C16H21N3O2/c1-10-7-12-8-13(5-6-14(12)17-10)18-16(21)19(2)9-15(20)11-3-4-11/h5-8,11,15,17,20H,3-4,9H2,1-2H3,(H,18,21). The Bertz CT molecular complexity index is 661. The van der Waals surface area contributed by atoms with Crippen molar-refractivity contribution in [2.75, 3.05) is 18.9 Å². The van der Waals surface area contributed by atoms with Crippen molar-refractivity contribution >= 4 is 22.6 Å². The first-order valence-electron chi connectivity index (χ1n) is 7.32. The molecule has 1 atom stereocenters. The molecule has 5 heteroatoms. The molecule has 0 aliphatic heterocycles. The Morgan fingerprint density at radius 3 is 2.95 bits per heavy atom. The van der Waals surface area contributed by atoms with Gasteiger partial charge in [-0.3, -0.25) is 0 Å². The molecule has 3 rings (SSSR count). The van der Waals surface area contributed by atoms with Gasteiger partial charge in [-0.2, -0.15) is 0 Å². The SMILES string of the molecule is Cc1cc2cc(NC(=O)N(C)CC(O)C3CC3)ccc2[nH]1. The number of aromatic amines is 1. The molecular weight excluding hydrogens is 266 g/mol. The van der Waals surface area contributed by atoms with Crippen LogP contribution in [0.1, 0.15) is 18.5 Å². The zero-order chi connectivity index (χ0) is 15.0. The van der Waals surface area contributed by atoms with E-state index < -0.39 is 6.10 Å². The van der Waals surface area contributed by atoms with Gasteiger partial charge in [0.25, 0.3) is 0 Å². The van der Waals surface area contributed by atoms with E-state index in [2.05, 4.69) is 10.3 Å². The van der Waals surface area contributed by atoms with E-state index in [1.807, 2.05) is 31.2 Å². The number of carbonyl (C=O) groups is 1. The van der Waals surface area contributed by atoms with Crippen LogP contribution < -0.4 is 5.32 Å². The smallest absolute Gasteiger partial charge is 0.321 e. The summed E-state index contributed by atoms with van der Waals surface area (Å²) in [6, 6.07) is 7.63. The van der Waals surface area contributed by atoms with Crippen molar-refractivity contribution in [2.24, 2.45) is 5.92 Å². The molecule has 1 aliphatic rings. The zero-order valence-electron chi connectivity index (χ0n) is 12.4. The molecule has 0 saturated heterocycles. The van der Waals surface area contributed by atoms with E-state index in [0.717, 1.165) is 35.1 Å². The first-order valence-corrected chi connectivity index (χ1v) is 7.32. The first-order chi connectivity index (χ1) is 10.0. The van der Waals surface area contributed by atoms with Gasteiger partial charge < -0.3 is 20.3 Å². The maximum atomic E-state index is 12.1. The van der Waals surface area contributed by atoms with Crippen LogP contribution >= 0.6 is 0 Å². The average molecular weight is 287 g/mol. The Kier molecular flexibility index (Phi) is 3.59. The van der Waals surface area contributed by atoms with E-state index in [1.54, 1.807) is 7.05 Å². The van der Waals surface area contributed by atoms with Gasteiger partial charge in [-0.05, 0) is 49.9 Å². The van der Waals surface area contributed by atoms with Crippen LogP contribution in [0.2, 0.25) is 0 Å². The molecule has 1 aromatic heterocycles. The van der Waals surface area contributed by atoms with Crippen LogP contribution in [0.5, 0.6) is 0 Å². The number of urea groups is 1. The van der Waals surface area contributed by atoms with Gasteiger partial charge in [0, 0.05) is 35.9 Å². The fraction of sp³-hybridized carbons (Fsp3) is 0.438. The molecular formula is C16H21N3O2. The van der Waals surface area contributed by atoms with Crippen molar-refractivity contribution in [3.8, 4) is 0 Å². The van der Waals surface area contributed by atoms with E-state index in [9.17, 15) is 9.90 Å². The molecule has 1 saturated carbocycles. The highest BCUT2D eigenvalue weighted by atomic mass is 16.3. The highest BCUT2D eigenvalue weighted by molar-refractivity contribution is 5.92. The minimum Gasteiger partial charge on any atom is -0.391 e. The lowest BCUT2D eigenvalue weighted by Crippen LogP contribution is -2.37. The van der Waals surface area contributed by atoms with Crippen LogP contribution in [-0.4, -0.2) is 40.7 Å². The van der Waals surface area contributed by atoms with Gasteiger partial charge in [-0.15, -0.1) is 0 Å². The molecule has 21 heavy (non-hydrogen) atoms. The molecule has 5 nitrogen and oxygen atoms in total. The highest BCUT2D eigenvalue weighted by Crippen LogP contribution is 2.32. The average Bonchev–Trinajstić information content (AvgIpc) is 3.20. The van der Waals surface area contributed by atoms with E-state index in [4.69, 9.17) is 0 Å². The molecule has 0 bridgehead atoms. The van der Waals surface area contributed by atoms with E-state index >= 15 is 0 Å². The first kappa shape index (κ1) is 13.9. The van der Waals surface area contributed by atoms with E-state index in [1.165, 1.54) is 4.90 Å². The minimum absolute atomic E-state index is 0.193. The van der Waals surface area contributed by atoms with E-state index in [-0.39, 0.29) is 6.03 Å². The third kappa shape index (κ3) is 3.19. The number of anilines is 1. The molecule has 2 aromatic rings. The number of hydrogen-bond acceptors (Lipinski definition) is 2. The summed E-state index contributed by atoms with van der Waals surface area (Å²) in [5.74, 6) is 0.374. The van der Waals surface area contributed by atoms with Crippen molar-refractivity contribution in [3.63, 3.8) is 0 Å². The number of carbonyl (C=O) groups excluding carboxylic acids is 1. The third-order valence-electron chi connectivity index (χ3n) is 3.98. The number of hydrogen-bond donors (Lipinski definition) is 3. The number of H-pyrrole nitrogens is 1. The number of likely N-dealkylation sites (N-methyl/N-ethyl adjacent to an activating group) is 1. The van der Waals surface area contributed by atoms with Crippen LogP contribution in [-0.2, 0) is 0 Å². The maximum Gasteiger partial charge on any atom is 0.321 e. The number of aliphatic hydroxyl groups is 1. The lowest BCUT2D eigenvalue weighted by atomic mass is 10.2. The Balaban J connectivity index is 1.64. The predicted molar refractivity (Wildman–Crippen MR) is 83.4 cm³/mol. The van der Waals surface area contributed by atoms with Crippen LogP contribution in [0.3, 0.4) is 0 Å². The molecule has 1 aliphatic carbocycles. The molecule has 0 radical (unpaired) electrons. The summed E-state index contributed by atoms with van der Waals surface area (Å²) in [6.45, 7) is 2.38. The number of aliphatic hydroxyl groups excluding tert-OH is 1. The van der Waals surface area contributed by atoms with Crippen LogP contribution in [0.4, 0.5) is 10.5 Å². The van der Waals surface area contributed by atoms with Crippen molar-refractivity contribution in [3.05, 3.63) is 30.0 Å². The lowest BCUT2D eigenvalue weighted by molar-refractivity contribution is 0.117. The Hall–Kier alpha value is -2.01. The monoisotopic (exact) mass is 287 g/mol. The largest absolute Gasteiger partial charge is 0.391 e. The van der Waals surface area contributed by atoms with Gasteiger partial charge in [0.1, 0.15) is 0 Å². The Labute approximate surface area is 124 Å². The molecule has 1 unspecified atom stereocenters. The van der Waals surface area contributed by atoms with Crippen LogP contribution in [0.15, 0.2) is 24.3 Å². The zero-order valence-corrected chi connectivity index (χ0v) is 12.4. The summed E-state index contributed by atoms with van der Waals surface area (Å²) < 4.78 is 0. The molecule has 3 N–H and O–H groups in total. The van der Waals surface area contributed by atoms with Crippen molar-refractivity contribution in [1.82, 2.24) is 9.88 Å². The van der Waals surface area contributed by atoms with Gasteiger partial charge in [0.15, 0.2) is 0 Å². The third-order valence-corrected chi connectivity index (χ3v) is 3.98. The number of rotatable bonds is 4. The molecule has 0 spiro atoms. The highest BCUT2D eigenvalue weighted by Gasteiger charge is 2.31. The maximum absolute atomic E-state index is 12.1. The number of aromatic nitrogens is 1. The number of benzene rings is 1. The summed E-state index contributed by atoms with van der Waals surface area (Å²) in [5.41, 5.74) is 2.92. The number of nitrogens with one attached hydrogen (secondary N) is 2. The van der Waals surface area contributed by atoms with Gasteiger partial charge >= 0.3 is 6.03 Å². The summed E-state index contributed by atoms with van der Waals surface area (Å²) in [4.78, 5) is 16.9. The normalized spacial score (nSPS) is 16.0. The topological polar surface area (TPSA) is 68.4 Å². The van der Waals surface area contributed by atoms with Crippen molar-refractivity contribution in [1.29, 1.82) is 0 Å². The number of aryl methyl sites for hydroxylation is 1. The molecule has 2 amide bonds. The van der Waals surface area contributed by atoms with E-state index in [0.29, 0.717) is 12.5 Å². The number of fused-ring (bicyclic) bond motifs is 1. The predicted octanol–water partition coefficient (Wildman–Crippen LogP) is 2.71. The summed E-state index contributed by atoms with van der Waals surface area (Å²) >= 11 is 0. The summed E-state index contributed by atoms with van der Waals surface area (Å²) in [6.07, 6.45) is 1.73. The van der Waals surface area contributed by atoms with Gasteiger partial charge in [-0.25, -0.2) is 4.79 Å². The van der Waals surface area contributed by atoms with Crippen molar-refractivity contribution in [2.45, 2.75) is 25.9 Å². The molecule has 1 aromatic carbocycles. The molecule has 1 heterocycles. The van der Waals surface area contributed by atoms with Gasteiger partial charge in [0.2, 0.25) is 0 Å². The number of nitrogens with zero attached hydrogens (tertiary/aromatic N) is 1. The number of amides is 2. The Morgan fingerprint density at radius 2 is 2.24 bits per heavy atom. The minimum atomic E-state index is -0.407.